The highest BCUT2D eigenvalue weighted by Crippen LogP contribution is 2.38. The van der Waals surface area contributed by atoms with E-state index in [2.05, 4.69) is 10.1 Å². The summed E-state index contributed by atoms with van der Waals surface area (Å²) < 4.78 is 10.1. The van der Waals surface area contributed by atoms with Gasteiger partial charge in [-0.3, -0.25) is 10.1 Å². The van der Waals surface area contributed by atoms with Gasteiger partial charge in [-0.05, 0) is 25.3 Å². The van der Waals surface area contributed by atoms with Crippen molar-refractivity contribution in [1.29, 1.82) is 0 Å². The Kier molecular flexibility index (Phi) is 3.48. The zero-order chi connectivity index (χ0) is 14.0. The number of aliphatic hydroxyl groups excluding tert-OH is 1. The van der Waals surface area contributed by atoms with Gasteiger partial charge in [0.15, 0.2) is 0 Å². The third kappa shape index (κ3) is 2.28. The Morgan fingerprint density at radius 1 is 1.63 bits per heavy atom. The first-order chi connectivity index (χ1) is 8.99. The number of nitrogens with one attached hydrogen (secondary N) is 1. The lowest BCUT2D eigenvalue weighted by molar-refractivity contribution is -0.131. The number of thiophene rings is 1. The van der Waals surface area contributed by atoms with Gasteiger partial charge in [0.05, 0.1) is 11.5 Å². The van der Waals surface area contributed by atoms with Crippen molar-refractivity contribution in [3.63, 3.8) is 0 Å². The molecule has 0 aliphatic carbocycles. The lowest BCUT2D eigenvalue weighted by Crippen LogP contribution is -2.31. The van der Waals surface area contributed by atoms with Gasteiger partial charge in [0.25, 0.3) is 5.78 Å². The molecule has 1 aromatic rings. The van der Waals surface area contributed by atoms with E-state index in [1.165, 1.54) is 18.3 Å². The average Bonchev–Trinajstić information content (AvgIpc) is 2.96. The molecule has 6 nitrogen and oxygen atoms in total. The van der Waals surface area contributed by atoms with Gasteiger partial charge < -0.3 is 14.6 Å². The quantitative estimate of drug-likeness (QED) is 0.886. The highest BCUT2D eigenvalue weighted by atomic mass is 32.1. The number of amides is 1. The molecule has 1 aliphatic heterocycles. The van der Waals surface area contributed by atoms with Gasteiger partial charge in [-0.1, -0.05) is 6.07 Å². The first-order valence-electron chi connectivity index (χ1n) is 5.64. The van der Waals surface area contributed by atoms with Crippen LogP contribution in [0.15, 0.2) is 29.2 Å². The maximum Gasteiger partial charge on any atom is 0.414 e. The predicted molar refractivity (Wildman–Crippen MR) is 67.6 cm³/mol. The minimum absolute atomic E-state index is 0.177. The molecule has 1 atom stereocenters. The second-order valence-electron chi connectivity index (χ2n) is 3.96. The molecule has 1 unspecified atom stereocenters. The van der Waals surface area contributed by atoms with E-state index in [9.17, 15) is 14.7 Å². The molecule has 7 heteroatoms. The monoisotopic (exact) mass is 283 g/mol. The zero-order valence-electron chi connectivity index (χ0n) is 10.4. The highest BCUT2D eigenvalue weighted by molar-refractivity contribution is 7.10. The van der Waals surface area contributed by atoms with Crippen molar-refractivity contribution in [2.45, 2.75) is 19.4 Å². The summed E-state index contributed by atoms with van der Waals surface area (Å²) in [5, 5.41) is 13.8. The molecule has 1 amide bonds. The molecule has 1 aromatic heterocycles. The number of rotatable bonds is 3. The number of ketones is 1. The molecule has 2 N–H and O–H groups in total. The number of ether oxygens (including phenoxy) is 2. The summed E-state index contributed by atoms with van der Waals surface area (Å²) in [6.45, 7) is 3.36. The molecular weight excluding hydrogens is 270 g/mol. The van der Waals surface area contributed by atoms with Gasteiger partial charge >= 0.3 is 6.09 Å². The zero-order valence-corrected chi connectivity index (χ0v) is 11.2. The minimum atomic E-state index is -1.31. The van der Waals surface area contributed by atoms with Crippen LogP contribution in [-0.4, -0.2) is 23.6 Å². The van der Waals surface area contributed by atoms with E-state index < -0.39 is 23.2 Å². The van der Waals surface area contributed by atoms with Gasteiger partial charge in [-0.2, -0.15) is 0 Å². The molecule has 0 saturated carbocycles. The van der Waals surface area contributed by atoms with Crippen LogP contribution in [0.2, 0.25) is 0 Å². The SMILES string of the molecule is CCOC(=O)NC1=C(O)C(=O)C(C)(c2cccs2)O1. The lowest BCUT2D eigenvalue weighted by atomic mass is 9.99. The topological polar surface area (TPSA) is 84.9 Å². The predicted octanol–water partition coefficient (Wildman–Crippen LogP) is 2.04. The van der Waals surface area contributed by atoms with Crippen LogP contribution in [0, 0.1) is 0 Å². The van der Waals surface area contributed by atoms with Gasteiger partial charge in [-0.15, -0.1) is 11.3 Å². The molecule has 102 valence electrons. The minimum Gasteiger partial charge on any atom is -0.501 e. The van der Waals surface area contributed by atoms with Crippen molar-refractivity contribution < 1.29 is 24.2 Å². The van der Waals surface area contributed by atoms with Crippen molar-refractivity contribution in [3.05, 3.63) is 34.0 Å². The first kappa shape index (κ1) is 13.4. The molecule has 0 aromatic carbocycles. The van der Waals surface area contributed by atoms with Crippen molar-refractivity contribution in [3.8, 4) is 0 Å². The van der Waals surface area contributed by atoms with Crippen LogP contribution in [0.5, 0.6) is 0 Å². The number of carbonyl (C=O) groups is 2. The summed E-state index contributed by atoms with van der Waals surface area (Å²) in [4.78, 5) is 24.0. The molecule has 0 fully saturated rings. The van der Waals surface area contributed by atoms with Crippen molar-refractivity contribution in [1.82, 2.24) is 5.32 Å². The Balaban J connectivity index is 2.21. The van der Waals surface area contributed by atoms with Gasteiger partial charge in [0.1, 0.15) is 0 Å². The molecule has 1 aliphatic rings. The fourth-order valence-corrected chi connectivity index (χ4v) is 2.50. The van der Waals surface area contributed by atoms with Crippen LogP contribution in [0.1, 0.15) is 18.7 Å². The molecule has 0 saturated heterocycles. The Bertz CT molecular complexity index is 536. The van der Waals surface area contributed by atoms with Gasteiger partial charge in [0, 0.05) is 0 Å². The number of alkyl carbamates (subject to hydrolysis) is 1. The number of carbonyl (C=O) groups excluding carboxylic acids is 2. The lowest BCUT2D eigenvalue weighted by Gasteiger charge is -2.21. The van der Waals surface area contributed by atoms with E-state index in [-0.39, 0.29) is 12.5 Å². The molecule has 0 radical (unpaired) electrons. The fraction of sp³-hybridized carbons (Fsp3) is 0.333. The maximum atomic E-state index is 12.1. The molecule has 0 bridgehead atoms. The Morgan fingerprint density at radius 2 is 2.37 bits per heavy atom. The smallest absolute Gasteiger partial charge is 0.414 e. The summed E-state index contributed by atoms with van der Waals surface area (Å²) in [5.74, 6) is -1.48. The summed E-state index contributed by atoms with van der Waals surface area (Å²) in [6, 6.07) is 3.50. The van der Waals surface area contributed by atoms with Crippen LogP contribution in [0.4, 0.5) is 4.79 Å². The fourth-order valence-electron chi connectivity index (χ4n) is 1.68. The number of aliphatic hydroxyl groups is 1. The Morgan fingerprint density at radius 3 is 2.95 bits per heavy atom. The van der Waals surface area contributed by atoms with Crippen LogP contribution in [0.25, 0.3) is 0 Å². The second kappa shape index (κ2) is 4.93. The van der Waals surface area contributed by atoms with Crippen LogP contribution >= 0.6 is 11.3 Å². The highest BCUT2D eigenvalue weighted by Gasteiger charge is 2.49. The molecule has 19 heavy (non-hydrogen) atoms. The van der Waals surface area contributed by atoms with Crippen LogP contribution in [0.3, 0.4) is 0 Å². The Hall–Kier alpha value is -2.02. The Labute approximate surface area is 113 Å². The summed E-state index contributed by atoms with van der Waals surface area (Å²) in [6.07, 6.45) is -0.785. The number of hydrogen-bond donors (Lipinski definition) is 2. The van der Waals surface area contributed by atoms with E-state index in [1.54, 1.807) is 24.4 Å². The normalized spacial score (nSPS) is 22.3. The molecular formula is C12H13NO5S. The maximum absolute atomic E-state index is 12.1. The molecule has 0 spiro atoms. The summed E-state index contributed by atoms with van der Waals surface area (Å²) >= 11 is 1.33. The van der Waals surface area contributed by atoms with E-state index in [4.69, 9.17) is 4.74 Å². The number of hydrogen-bond acceptors (Lipinski definition) is 6. The van der Waals surface area contributed by atoms with Crippen LogP contribution in [-0.2, 0) is 19.9 Å². The second-order valence-corrected chi connectivity index (χ2v) is 4.91. The van der Waals surface area contributed by atoms with Crippen LogP contribution < -0.4 is 5.32 Å². The van der Waals surface area contributed by atoms with E-state index in [0.29, 0.717) is 4.88 Å². The first-order valence-corrected chi connectivity index (χ1v) is 6.51. The third-order valence-electron chi connectivity index (χ3n) is 2.65. The standard InChI is InChI=1S/C12H13NO5S/c1-3-17-11(16)13-10-8(14)9(15)12(2,18-10)7-5-4-6-19-7/h4-6,14H,3H2,1-2H3,(H,13,16). The van der Waals surface area contributed by atoms with E-state index in [1.807, 2.05) is 0 Å². The summed E-state index contributed by atoms with van der Waals surface area (Å²) in [5.41, 5.74) is -1.31. The van der Waals surface area contributed by atoms with E-state index >= 15 is 0 Å². The molecule has 2 heterocycles. The van der Waals surface area contributed by atoms with Crippen molar-refractivity contribution >= 4 is 23.2 Å². The molecule has 2 rings (SSSR count). The number of Topliss-reactive ketones (excluding diaryl/α,β-unsaturated/α-hetero) is 1. The van der Waals surface area contributed by atoms with Gasteiger partial charge in [-0.25, -0.2) is 4.79 Å². The van der Waals surface area contributed by atoms with E-state index in [0.717, 1.165) is 0 Å². The average molecular weight is 283 g/mol. The summed E-state index contributed by atoms with van der Waals surface area (Å²) in [7, 11) is 0. The van der Waals surface area contributed by atoms with Crippen molar-refractivity contribution in [2.24, 2.45) is 0 Å². The largest absolute Gasteiger partial charge is 0.501 e. The van der Waals surface area contributed by atoms with Crippen molar-refractivity contribution in [2.75, 3.05) is 6.61 Å². The van der Waals surface area contributed by atoms with Gasteiger partial charge in [0.2, 0.25) is 17.2 Å². The third-order valence-corrected chi connectivity index (χ3v) is 3.72.